The fraction of sp³-hybridized carbons (Fsp3) is 0.185. The minimum absolute atomic E-state index is 0.166. The van der Waals surface area contributed by atoms with Crippen molar-refractivity contribution in [3.63, 3.8) is 0 Å². The molecule has 190 valence electrons. The van der Waals surface area contributed by atoms with Crippen molar-refractivity contribution < 1.29 is 23.5 Å². The molecule has 1 saturated heterocycles. The average molecular weight is 540 g/mol. The molecule has 0 radical (unpaired) electrons. The van der Waals surface area contributed by atoms with Crippen molar-refractivity contribution in [1.82, 2.24) is 4.90 Å². The largest absolute Gasteiger partial charge is 0.462 e. The molecule has 1 fully saturated rings. The minimum Gasteiger partial charge on any atom is -0.462 e. The van der Waals surface area contributed by atoms with Gasteiger partial charge in [-0.1, -0.05) is 23.7 Å². The molecule has 1 atom stereocenters. The van der Waals surface area contributed by atoms with E-state index in [1.165, 1.54) is 17.0 Å². The van der Waals surface area contributed by atoms with Gasteiger partial charge in [-0.2, -0.15) is 0 Å². The van der Waals surface area contributed by atoms with Gasteiger partial charge in [-0.25, -0.2) is 9.18 Å². The molecule has 2 amide bonds. The van der Waals surface area contributed by atoms with Crippen molar-refractivity contribution in [2.24, 2.45) is 0 Å². The summed E-state index contributed by atoms with van der Waals surface area (Å²) in [6.07, 6.45) is -0.166. The maximum absolute atomic E-state index is 13.6. The van der Waals surface area contributed by atoms with E-state index >= 15 is 0 Å². The van der Waals surface area contributed by atoms with Crippen LogP contribution in [0.5, 0.6) is 0 Å². The normalized spacial score (nSPS) is 15.2. The van der Waals surface area contributed by atoms with Gasteiger partial charge in [0, 0.05) is 17.3 Å². The van der Waals surface area contributed by atoms with Gasteiger partial charge in [0.1, 0.15) is 11.9 Å². The van der Waals surface area contributed by atoms with Crippen LogP contribution in [0.25, 0.3) is 0 Å². The summed E-state index contributed by atoms with van der Waals surface area (Å²) < 4.78 is 18.5. The molecule has 1 heterocycles. The Morgan fingerprint density at radius 1 is 1.03 bits per heavy atom. The van der Waals surface area contributed by atoms with Crippen LogP contribution >= 0.6 is 23.8 Å². The number of benzene rings is 3. The molecule has 37 heavy (non-hydrogen) atoms. The van der Waals surface area contributed by atoms with E-state index in [-0.39, 0.29) is 42.3 Å². The van der Waals surface area contributed by atoms with E-state index in [0.717, 1.165) is 5.56 Å². The number of carbonyl (C=O) groups excluding carboxylic acids is 3. The van der Waals surface area contributed by atoms with Gasteiger partial charge in [-0.05, 0) is 85.4 Å². The Bertz CT molecular complexity index is 1320. The molecule has 10 heteroatoms. The molecule has 0 aliphatic carbocycles. The van der Waals surface area contributed by atoms with Crippen molar-refractivity contribution in [3.05, 3.63) is 94.8 Å². The quantitative estimate of drug-likeness (QED) is 0.314. The number of rotatable bonds is 8. The number of ether oxygens (including phenoxy) is 1. The summed E-state index contributed by atoms with van der Waals surface area (Å²) >= 11 is 11.6. The van der Waals surface area contributed by atoms with Crippen molar-refractivity contribution >= 4 is 58.1 Å². The molecule has 0 aromatic heterocycles. The predicted molar refractivity (Wildman–Crippen MR) is 143 cm³/mol. The predicted octanol–water partition coefficient (Wildman–Crippen LogP) is 5.19. The van der Waals surface area contributed by atoms with Crippen LogP contribution in [0.4, 0.5) is 15.8 Å². The van der Waals surface area contributed by atoms with Gasteiger partial charge in [0.2, 0.25) is 5.91 Å². The molecule has 1 aliphatic heterocycles. The first-order valence-electron chi connectivity index (χ1n) is 11.5. The summed E-state index contributed by atoms with van der Waals surface area (Å²) in [6, 6.07) is 17.9. The Morgan fingerprint density at radius 3 is 2.30 bits per heavy atom. The van der Waals surface area contributed by atoms with Gasteiger partial charge in [-0.3, -0.25) is 14.5 Å². The average Bonchev–Trinajstić information content (AvgIpc) is 3.10. The number of nitrogens with zero attached hydrogens (tertiary/aromatic N) is 2. The van der Waals surface area contributed by atoms with E-state index in [0.29, 0.717) is 22.0 Å². The number of amides is 2. The maximum atomic E-state index is 13.6. The molecule has 0 spiro atoms. The summed E-state index contributed by atoms with van der Waals surface area (Å²) in [7, 11) is 0. The van der Waals surface area contributed by atoms with Crippen LogP contribution in [0.3, 0.4) is 0 Å². The third kappa shape index (κ3) is 6.12. The van der Waals surface area contributed by atoms with Crippen LogP contribution in [0.1, 0.15) is 29.3 Å². The molecule has 7 nitrogen and oxygen atoms in total. The summed E-state index contributed by atoms with van der Waals surface area (Å²) in [5.74, 6) is -1.63. The highest BCUT2D eigenvalue weighted by atomic mass is 35.5. The zero-order chi connectivity index (χ0) is 26.5. The third-order valence-corrected chi connectivity index (χ3v) is 6.40. The number of thiocarbonyl (C=S) groups is 1. The van der Waals surface area contributed by atoms with Crippen LogP contribution in [0.2, 0.25) is 5.02 Å². The lowest BCUT2D eigenvalue weighted by atomic mass is 10.1. The third-order valence-electron chi connectivity index (χ3n) is 5.73. The highest BCUT2D eigenvalue weighted by molar-refractivity contribution is 7.80. The van der Waals surface area contributed by atoms with Crippen LogP contribution in [0.15, 0.2) is 72.8 Å². The smallest absolute Gasteiger partial charge is 0.338 e. The van der Waals surface area contributed by atoms with Gasteiger partial charge < -0.3 is 15.0 Å². The molecule has 0 bridgehead atoms. The Balaban J connectivity index is 1.59. The molecule has 0 saturated carbocycles. The lowest BCUT2D eigenvalue weighted by Crippen LogP contribution is -2.37. The van der Waals surface area contributed by atoms with Gasteiger partial charge in [0.25, 0.3) is 5.91 Å². The van der Waals surface area contributed by atoms with E-state index < -0.39 is 12.0 Å². The van der Waals surface area contributed by atoms with E-state index in [2.05, 4.69) is 5.32 Å². The Labute approximate surface area is 223 Å². The summed E-state index contributed by atoms with van der Waals surface area (Å²) in [5, 5.41) is 3.50. The van der Waals surface area contributed by atoms with Crippen molar-refractivity contribution in [3.8, 4) is 0 Å². The molecule has 1 unspecified atom stereocenters. The van der Waals surface area contributed by atoms with Crippen molar-refractivity contribution in [1.29, 1.82) is 0 Å². The monoisotopic (exact) mass is 539 g/mol. The van der Waals surface area contributed by atoms with Crippen molar-refractivity contribution in [2.45, 2.75) is 25.9 Å². The zero-order valence-electron chi connectivity index (χ0n) is 19.8. The van der Waals surface area contributed by atoms with Gasteiger partial charge in [0.05, 0.1) is 24.3 Å². The van der Waals surface area contributed by atoms with Crippen molar-refractivity contribution in [2.75, 3.05) is 16.8 Å². The summed E-state index contributed by atoms with van der Waals surface area (Å²) in [4.78, 5) is 41.5. The Hall–Kier alpha value is -3.82. The number of esters is 1. The minimum atomic E-state index is -0.894. The van der Waals surface area contributed by atoms with Gasteiger partial charge in [0.15, 0.2) is 5.11 Å². The number of hydrogen-bond donors (Lipinski definition) is 1. The number of halogens is 2. The van der Waals surface area contributed by atoms with Crippen LogP contribution < -0.4 is 10.2 Å². The number of carbonyl (C=O) groups is 3. The van der Waals surface area contributed by atoms with Crippen LogP contribution in [0, 0.1) is 5.82 Å². The Kier molecular flexibility index (Phi) is 8.15. The summed E-state index contributed by atoms with van der Waals surface area (Å²) in [6.45, 7) is 2.15. The fourth-order valence-corrected chi connectivity index (χ4v) is 4.43. The van der Waals surface area contributed by atoms with E-state index in [9.17, 15) is 18.8 Å². The topological polar surface area (TPSA) is 78.9 Å². The van der Waals surface area contributed by atoms with Crippen LogP contribution in [-0.2, 0) is 20.9 Å². The summed E-state index contributed by atoms with van der Waals surface area (Å²) in [5.41, 5.74) is 2.05. The number of hydrogen-bond acceptors (Lipinski definition) is 5. The van der Waals surface area contributed by atoms with Gasteiger partial charge in [-0.15, -0.1) is 0 Å². The second-order valence-electron chi connectivity index (χ2n) is 8.25. The Morgan fingerprint density at radius 2 is 1.68 bits per heavy atom. The molecular weight excluding hydrogens is 517 g/mol. The fourth-order valence-electron chi connectivity index (χ4n) is 3.92. The van der Waals surface area contributed by atoms with Gasteiger partial charge >= 0.3 is 5.97 Å². The second kappa shape index (κ2) is 11.5. The van der Waals surface area contributed by atoms with E-state index in [1.807, 2.05) is 0 Å². The second-order valence-corrected chi connectivity index (χ2v) is 9.05. The number of nitrogens with one attached hydrogen (secondary N) is 1. The molecule has 3 aromatic carbocycles. The zero-order valence-corrected chi connectivity index (χ0v) is 21.4. The highest BCUT2D eigenvalue weighted by Gasteiger charge is 2.44. The van der Waals surface area contributed by atoms with E-state index in [1.54, 1.807) is 72.5 Å². The van der Waals surface area contributed by atoms with Crippen LogP contribution in [-0.4, -0.2) is 40.4 Å². The van der Waals surface area contributed by atoms with E-state index in [4.69, 9.17) is 28.6 Å². The first-order chi connectivity index (χ1) is 17.8. The molecule has 1 aliphatic rings. The first-order valence-corrected chi connectivity index (χ1v) is 12.3. The molecule has 4 rings (SSSR count). The lowest BCUT2D eigenvalue weighted by molar-refractivity contribution is -0.124. The number of anilines is 2. The first kappa shape index (κ1) is 26.2. The molecule has 1 N–H and O–H groups in total. The lowest BCUT2D eigenvalue weighted by Gasteiger charge is -2.24. The SMILES string of the molecule is CCOC(=O)c1ccc(N2C(=O)C(CC(=O)Nc3ccc(Cl)cc3)N(Cc3ccc(F)cc3)C2=S)cc1. The highest BCUT2D eigenvalue weighted by Crippen LogP contribution is 2.29. The maximum Gasteiger partial charge on any atom is 0.338 e. The molecular formula is C27H23ClFN3O4S. The molecule has 3 aromatic rings. The standard InChI is InChI=1S/C27H23ClFN3O4S/c1-2-36-26(35)18-5-13-22(14-6-18)32-25(34)23(15-24(33)30-21-11-7-19(28)8-12-21)31(27(32)37)16-17-3-9-20(29)10-4-17/h3-14,23H,2,15-16H2,1H3,(H,30,33).